The first-order chi connectivity index (χ1) is 17.4. The van der Waals surface area contributed by atoms with E-state index in [1.165, 1.54) is 24.1 Å². The summed E-state index contributed by atoms with van der Waals surface area (Å²) in [6.07, 6.45) is 0. The lowest BCUT2D eigenvalue weighted by Gasteiger charge is -2.32. The fourth-order valence-corrected chi connectivity index (χ4v) is 5.81. The number of benzene rings is 3. The summed E-state index contributed by atoms with van der Waals surface area (Å²) in [6, 6.07) is 17.3. The maximum absolute atomic E-state index is 13.8. The van der Waals surface area contributed by atoms with Crippen LogP contribution in [0.4, 0.5) is 5.69 Å². The number of hydrogen-bond donors (Lipinski definition) is 1. The van der Waals surface area contributed by atoms with E-state index in [0.29, 0.717) is 26.9 Å². The molecule has 0 aliphatic carbocycles. The van der Waals surface area contributed by atoms with Gasteiger partial charge in [-0.2, -0.15) is 0 Å². The average molecular weight is 563 g/mol. The van der Waals surface area contributed by atoms with Gasteiger partial charge in [-0.05, 0) is 67.8 Å². The monoisotopic (exact) mass is 561 g/mol. The van der Waals surface area contributed by atoms with Gasteiger partial charge in [0.2, 0.25) is 11.8 Å². The number of carbonyl (C=O) groups excluding carboxylic acids is 2. The molecule has 37 heavy (non-hydrogen) atoms. The van der Waals surface area contributed by atoms with Crippen molar-refractivity contribution in [2.75, 3.05) is 17.9 Å². The molecule has 7 nitrogen and oxygen atoms in total. The highest BCUT2D eigenvalue weighted by atomic mass is 35.5. The van der Waals surface area contributed by atoms with Crippen molar-refractivity contribution in [3.8, 4) is 0 Å². The predicted octanol–water partition coefficient (Wildman–Crippen LogP) is 4.97. The van der Waals surface area contributed by atoms with Gasteiger partial charge >= 0.3 is 0 Å². The van der Waals surface area contributed by atoms with Crippen LogP contribution in [0.5, 0.6) is 0 Å². The summed E-state index contributed by atoms with van der Waals surface area (Å²) in [6.45, 7) is 4.67. The fraction of sp³-hybridized carbons (Fsp3) is 0.259. The second-order valence-corrected chi connectivity index (χ2v) is 11.4. The standard InChI is InChI=1S/C27H29Cl2N3O4S/c1-18-10-11-19(2)25(14-18)32(37(35,36)23-8-6-5-7-9-23)17-26(33)31(20(3)27(34)30-4)16-21-12-13-22(28)15-24(21)29/h5-15,20H,16-17H2,1-4H3,(H,30,34). The smallest absolute Gasteiger partial charge is 0.264 e. The number of halogens is 2. The second kappa shape index (κ2) is 12.0. The van der Waals surface area contributed by atoms with E-state index in [2.05, 4.69) is 5.32 Å². The zero-order valence-electron chi connectivity index (χ0n) is 21.0. The summed E-state index contributed by atoms with van der Waals surface area (Å²) in [5, 5.41) is 3.31. The topological polar surface area (TPSA) is 86.8 Å². The minimum Gasteiger partial charge on any atom is -0.357 e. The number of nitrogens with zero attached hydrogens (tertiary/aromatic N) is 2. The Kier molecular flexibility index (Phi) is 9.23. The van der Waals surface area contributed by atoms with Crippen LogP contribution in [0.2, 0.25) is 10.0 Å². The lowest BCUT2D eigenvalue weighted by molar-refractivity contribution is -0.139. The van der Waals surface area contributed by atoms with Crippen molar-refractivity contribution in [2.45, 2.75) is 38.3 Å². The lowest BCUT2D eigenvalue weighted by atomic mass is 10.1. The molecule has 0 saturated heterocycles. The minimum atomic E-state index is -4.12. The van der Waals surface area contributed by atoms with Crippen LogP contribution in [0.3, 0.4) is 0 Å². The van der Waals surface area contributed by atoms with Crippen molar-refractivity contribution in [3.05, 3.63) is 93.5 Å². The van der Waals surface area contributed by atoms with Gasteiger partial charge in [-0.15, -0.1) is 0 Å². The Hall–Kier alpha value is -3.07. The molecule has 0 bridgehead atoms. The molecule has 3 aromatic carbocycles. The Morgan fingerprint density at radius 3 is 2.27 bits per heavy atom. The maximum atomic E-state index is 13.8. The molecular formula is C27H29Cl2N3O4S. The van der Waals surface area contributed by atoms with E-state index in [1.54, 1.807) is 62.4 Å². The molecule has 0 aromatic heterocycles. The Morgan fingerprint density at radius 2 is 1.65 bits per heavy atom. The summed E-state index contributed by atoms with van der Waals surface area (Å²) < 4.78 is 28.7. The van der Waals surface area contributed by atoms with Crippen LogP contribution < -0.4 is 9.62 Å². The normalized spacial score (nSPS) is 12.1. The van der Waals surface area contributed by atoms with Gasteiger partial charge in [0.25, 0.3) is 10.0 Å². The highest BCUT2D eigenvalue weighted by molar-refractivity contribution is 7.92. The third kappa shape index (κ3) is 6.63. The first-order valence-electron chi connectivity index (χ1n) is 11.6. The predicted molar refractivity (Wildman–Crippen MR) is 147 cm³/mol. The zero-order chi connectivity index (χ0) is 27.3. The molecule has 10 heteroatoms. The van der Waals surface area contributed by atoms with E-state index in [0.717, 1.165) is 9.87 Å². The van der Waals surface area contributed by atoms with Crippen LogP contribution in [0.15, 0.2) is 71.6 Å². The highest BCUT2D eigenvalue weighted by Gasteiger charge is 2.33. The molecule has 0 heterocycles. The van der Waals surface area contributed by atoms with Gasteiger partial charge < -0.3 is 10.2 Å². The fourth-order valence-electron chi connectivity index (χ4n) is 3.85. The molecule has 1 N–H and O–H groups in total. The number of likely N-dealkylation sites (N-methyl/N-ethyl adjacent to an activating group) is 1. The van der Waals surface area contributed by atoms with E-state index in [1.807, 2.05) is 13.0 Å². The van der Waals surface area contributed by atoms with Crippen LogP contribution in [0.1, 0.15) is 23.6 Å². The molecule has 0 spiro atoms. The lowest BCUT2D eigenvalue weighted by Crippen LogP contribution is -2.50. The quantitative estimate of drug-likeness (QED) is 0.399. The zero-order valence-corrected chi connectivity index (χ0v) is 23.4. The number of anilines is 1. The number of sulfonamides is 1. The van der Waals surface area contributed by atoms with Crippen molar-refractivity contribution in [1.82, 2.24) is 10.2 Å². The van der Waals surface area contributed by atoms with Crippen LogP contribution in [-0.4, -0.2) is 44.8 Å². The van der Waals surface area contributed by atoms with Crippen molar-refractivity contribution in [2.24, 2.45) is 0 Å². The summed E-state index contributed by atoms with van der Waals surface area (Å²) in [5.41, 5.74) is 2.48. The minimum absolute atomic E-state index is 0.0184. The van der Waals surface area contributed by atoms with E-state index < -0.39 is 34.4 Å². The molecule has 1 unspecified atom stereocenters. The van der Waals surface area contributed by atoms with Gasteiger partial charge in [0, 0.05) is 23.6 Å². The molecule has 3 aromatic rings. The first kappa shape index (κ1) is 28.5. The van der Waals surface area contributed by atoms with E-state index in [9.17, 15) is 18.0 Å². The molecule has 0 fully saturated rings. The van der Waals surface area contributed by atoms with Gasteiger partial charge in [0.05, 0.1) is 10.6 Å². The number of hydrogen-bond acceptors (Lipinski definition) is 4. The van der Waals surface area contributed by atoms with Crippen molar-refractivity contribution < 1.29 is 18.0 Å². The Bertz CT molecular complexity index is 1400. The largest absolute Gasteiger partial charge is 0.357 e. The van der Waals surface area contributed by atoms with Crippen molar-refractivity contribution >= 4 is 50.7 Å². The van der Waals surface area contributed by atoms with E-state index in [4.69, 9.17) is 23.2 Å². The second-order valence-electron chi connectivity index (χ2n) is 8.66. The summed E-state index contributed by atoms with van der Waals surface area (Å²) >= 11 is 12.4. The van der Waals surface area contributed by atoms with Gasteiger partial charge in [0.1, 0.15) is 12.6 Å². The van der Waals surface area contributed by atoms with Crippen LogP contribution in [0, 0.1) is 13.8 Å². The highest BCUT2D eigenvalue weighted by Crippen LogP contribution is 2.29. The van der Waals surface area contributed by atoms with Crippen molar-refractivity contribution in [1.29, 1.82) is 0 Å². The van der Waals surface area contributed by atoms with Gasteiger partial charge in [-0.1, -0.05) is 59.6 Å². The molecule has 1 atom stereocenters. The summed E-state index contributed by atoms with van der Waals surface area (Å²) in [5.74, 6) is -0.967. The molecule has 0 saturated carbocycles. The molecule has 2 amide bonds. The van der Waals surface area contributed by atoms with Crippen molar-refractivity contribution in [3.63, 3.8) is 0 Å². The maximum Gasteiger partial charge on any atom is 0.264 e. The van der Waals surface area contributed by atoms with Gasteiger partial charge in [-0.3, -0.25) is 13.9 Å². The molecule has 196 valence electrons. The first-order valence-corrected chi connectivity index (χ1v) is 13.7. The number of aryl methyl sites for hydroxylation is 2. The number of nitrogens with one attached hydrogen (secondary N) is 1. The van der Waals surface area contributed by atoms with Crippen LogP contribution in [0.25, 0.3) is 0 Å². The number of amides is 2. The molecular weight excluding hydrogens is 533 g/mol. The number of carbonyl (C=O) groups is 2. The molecule has 0 aliphatic rings. The Labute approximate surface area is 228 Å². The molecule has 3 rings (SSSR count). The van der Waals surface area contributed by atoms with Gasteiger partial charge in [0.15, 0.2) is 0 Å². The Balaban J connectivity index is 2.08. The van der Waals surface area contributed by atoms with E-state index in [-0.39, 0.29) is 11.4 Å². The molecule has 0 radical (unpaired) electrons. The van der Waals surface area contributed by atoms with Gasteiger partial charge in [-0.25, -0.2) is 8.42 Å². The third-order valence-corrected chi connectivity index (χ3v) is 8.37. The third-order valence-electron chi connectivity index (χ3n) is 6.01. The SMILES string of the molecule is CNC(=O)C(C)N(Cc1ccc(Cl)cc1Cl)C(=O)CN(c1cc(C)ccc1C)S(=O)(=O)c1ccccc1. The molecule has 0 aliphatic heterocycles. The summed E-state index contributed by atoms with van der Waals surface area (Å²) in [4.78, 5) is 27.7. The number of rotatable bonds is 9. The van der Waals surface area contributed by atoms with Crippen LogP contribution in [-0.2, 0) is 26.2 Å². The van der Waals surface area contributed by atoms with Crippen LogP contribution >= 0.6 is 23.2 Å². The van der Waals surface area contributed by atoms with E-state index >= 15 is 0 Å². The summed E-state index contributed by atoms with van der Waals surface area (Å²) in [7, 11) is -2.65. The Morgan fingerprint density at radius 1 is 0.973 bits per heavy atom. The average Bonchev–Trinajstić information content (AvgIpc) is 2.87.